The molecule has 25 heavy (non-hydrogen) atoms. The van der Waals surface area contributed by atoms with Crippen molar-refractivity contribution in [3.63, 3.8) is 0 Å². The van der Waals surface area contributed by atoms with Crippen molar-refractivity contribution in [1.82, 2.24) is 4.31 Å². The Morgan fingerprint density at radius 2 is 1.92 bits per heavy atom. The first-order valence-electron chi connectivity index (χ1n) is 8.46. The van der Waals surface area contributed by atoms with Crippen molar-refractivity contribution in [2.24, 2.45) is 0 Å². The van der Waals surface area contributed by atoms with Crippen LogP contribution in [0.3, 0.4) is 0 Å². The van der Waals surface area contributed by atoms with Gasteiger partial charge in [0.05, 0.1) is 23.8 Å². The normalized spacial score (nSPS) is 15.8. The van der Waals surface area contributed by atoms with E-state index in [1.165, 1.54) is 17.5 Å². The van der Waals surface area contributed by atoms with Gasteiger partial charge in [-0.1, -0.05) is 6.42 Å². The molecule has 2 rings (SSSR count). The summed E-state index contributed by atoms with van der Waals surface area (Å²) in [6.45, 7) is 4.76. The number of rotatable bonds is 7. The van der Waals surface area contributed by atoms with E-state index in [1.807, 2.05) is 13.8 Å². The number of nitrogens with one attached hydrogen (secondary N) is 1. The summed E-state index contributed by atoms with van der Waals surface area (Å²) in [5.41, 5.74) is 0.456. The second-order valence-electron chi connectivity index (χ2n) is 6.22. The Kier molecular flexibility index (Phi) is 6.66. The molecule has 1 saturated heterocycles. The lowest BCUT2D eigenvalue weighted by atomic mass is 10.2. The van der Waals surface area contributed by atoms with Gasteiger partial charge in [0, 0.05) is 13.1 Å². The lowest BCUT2D eigenvalue weighted by Gasteiger charge is -2.26. The van der Waals surface area contributed by atoms with Gasteiger partial charge < -0.3 is 14.8 Å². The van der Waals surface area contributed by atoms with Gasteiger partial charge in [-0.25, -0.2) is 8.42 Å². The predicted octanol–water partition coefficient (Wildman–Crippen LogP) is 2.23. The Labute approximate surface area is 149 Å². The molecular weight excluding hydrogens is 344 g/mol. The van der Waals surface area contributed by atoms with Crippen LogP contribution in [0.2, 0.25) is 0 Å². The number of anilines is 1. The van der Waals surface area contributed by atoms with Gasteiger partial charge in [-0.05, 0) is 44.9 Å². The molecule has 1 aromatic carbocycles. The van der Waals surface area contributed by atoms with Crippen LogP contribution in [0.25, 0.3) is 0 Å². The van der Waals surface area contributed by atoms with E-state index in [0.717, 1.165) is 19.3 Å². The summed E-state index contributed by atoms with van der Waals surface area (Å²) in [5.74, 6) is 0.0521. The topological polar surface area (TPSA) is 84.9 Å². The molecule has 1 fully saturated rings. The van der Waals surface area contributed by atoms with Gasteiger partial charge in [0.1, 0.15) is 12.3 Å². The van der Waals surface area contributed by atoms with Crippen LogP contribution in [0.4, 0.5) is 5.69 Å². The van der Waals surface area contributed by atoms with Crippen LogP contribution in [0.15, 0.2) is 23.1 Å². The summed E-state index contributed by atoms with van der Waals surface area (Å²) >= 11 is 0. The van der Waals surface area contributed by atoms with Gasteiger partial charge in [0.2, 0.25) is 10.0 Å². The monoisotopic (exact) mass is 370 g/mol. The van der Waals surface area contributed by atoms with Crippen LogP contribution in [-0.4, -0.2) is 51.5 Å². The van der Waals surface area contributed by atoms with E-state index in [0.29, 0.717) is 24.5 Å². The van der Waals surface area contributed by atoms with Crippen molar-refractivity contribution >= 4 is 21.7 Å². The van der Waals surface area contributed by atoms with Crippen molar-refractivity contribution in [1.29, 1.82) is 0 Å². The lowest BCUT2D eigenvalue weighted by molar-refractivity contribution is -0.138. The summed E-state index contributed by atoms with van der Waals surface area (Å²) < 4.78 is 37.5. The van der Waals surface area contributed by atoms with Crippen LogP contribution >= 0.6 is 0 Å². The number of methoxy groups -OCH3 is 1. The van der Waals surface area contributed by atoms with Crippen LogP contribution in [0, 0.1) is 0 Å². The maximum absolute atomic E-state index is 12.8. The van der Waals surface area contributed by atoms with Crippen molar-refractivity contribution in [2.75, 3.05) is 32.1 Å². The molecule has 7 nitrogen and oxygen atoms in total. The molecule has 0 aromatic heterocycles. The number of ether oxygens (including phenoxy) is 2. The van der Waals surface area contributed by atoms with E-state index in [2.05, 4.69) is 10.1 Å². The maximum atomic E-state index is 12.8. The molecule has 0 aliphatic carbocycles. The largest absolute Gasteiger partial charge is 0.489 e. The number of esters is 1. The lowest BCUT2D eigenvalue weighted by Crippen LogP contribution is -2.35. The SMILES string of the molecule is COC(=O)CNc1cc(S(=O)(=O)N2CCCCC2)ccc1OC(C)C. The third-order valence-electron chi connectivity index (χ3n) is 3.92. The predicted molar refractivity (Wildman–Crippen MR) is 95.3 cm³/mol. The zero-order chi connectivity index (χ0) is 18.4. The number of sulfonamides is 1. The molecule has 1 aromatic rings. The van der Waals surface area contributed by atoms with Crippen molar-refractivity contribution in [2.45, 2.75) is 44.1 Å². The number of hydrogen-bond acceptors (Lipinski definition) is 6. The zero-order valence-corrected chi connectivity index (χ0v) is 15.8. The van der Waals surface area contributed by atoms with Crippen LogP contribution in [-0.2, 0) is 19.6 Å². The highest BCUT2D eigenvalue weighted by molar-refractivity contribution is 7.89. The Hall–Kier alpha value is -1.80. The molecule has 0 bridgehead atoms. The van der Waals surface area contributed by atoms with Gasteiger partial charge in [-0.3, -0.25) is 4.79 Å². The molecule has 140 valence electrons. The second kappa shape index (κ2) is 8.53. The van der Waals surface area contributed by atoms with Crippen molar-refractivity contribution in [3.8, 4) is 5.75 Å². The summed E-state index contributed by atoms with van der Waals surface area (Å²) in [6, 6.07) is 4.69. The van der Waals surface area contributed by atoms with Crippen LogP contribution in [0.5, 0.6) is 5.75 Å². The number of piperidine rings is 1. The Bertz CT molecular complexity index is 697. The molecular formula is C17H26N2O5S. The average molecular weight is 370 g/mol. The molecule has 8 heteroatoms. The van der Waals surface area contributed by atoms with Gasteiger partial charge in [0.25, 0.3) is 0 Å². The zero-order valence-electron chi connectivity index (χ0n) is 14.9. The molecule has 0 saturated carbocycles. The maximum Gasteiger partial charge on any atom is 0.325 e. The highest BCUT2D eigenvalue weighted by atomic mass is 32.2. The highest BCUT2D eigenvalue weighted by Gasteiger charge is 2.27. The molecule has 1 N–H and O–H groups in total. The number of carbonyl (C=O) groups is 1. The smallest absolute Gasteiger partial charge is 0.325 e. The average Bonchev–Trinajstić information content (AvgIpc) is 2.60. The first-order chi connectivity index (χ1) is 11.8. The van der Waals surface area contributed by atoms with Crippen molar-refractivity contribution in [3.05, 3.63) is 18.2 Å². The molecule has 0 amide bonds. The summed E-state index contributed by atoms with van der Waals surface area (Å²) in [5, 5.41) is 2.90. The quantitative estimate of drug-likeness (QED) is 0.741. The van der Waals surface area contributed by atoms with E-state index in [1.54, 1.807) is 12.1 Å². The summed E-state index contributed by atoms with van der Waals surface area (Å²) in [7, 11) is -2.25. The Morgan fingerprint density at radius 3 is 2.52 bits per heavy atom. The molecule has 1 aliphatic rings. The second-order valence-corrected chi connectivity index (χ2v) is 8.16. The number of carbonyl (C=O) groups excluding carboxylic acids is 1. The number of nitrogens with zero attached hydrogens (tertiary/aromatic N) is 1. The third kappa shape index (κ3) is 5.09. The molecule has 1 aliphatic heterocycles. The van der Waals surface area contributed by atoms with E-state index in [9.17, 15) is 13.2 Å². The molecule has 0 radical (unpaired) electrons. The fourth-order valence-electron chi connectivity index (χ4n) is 2.66. The van der Waals surface area contributed by atoms with Crippen LogP contribution in [0.1, 0.15) is 33.1 Å². The summed E-state index contributed by atoms with van der Waals surface area (Å²) in [6.07, 6.45) is 2.73. The third-order valence-corrected chi connectivity index (χ3v) is 5.81. The van der Waals surface area contributed by atoms with Gasteiger partial charge in [-0.15, -0.1) is 0 Å². The Morgan fingerprint density at radius 1 is 1.24 bits per heavy atom. The molecule has 1 heterocycles. The highest BCUT2D eigenvalue weighted by Crippen LogP contribution is 2.30. The first kappa shape index (κ1) is 19.5. The Balaban J connectivity index is 2.30. The van der Waals surface area contributed by atoms with Crippen LogP contribution < -0.4 is 10.1 Å². The van der Waals surface area contributed by atoms with Gasteiger partial charge >= 0.3 is 5.97 Å². The molecule has 0 atom stereocenters. The first-order valence-corrected chi connectivity index (χ1v) is 9.90. The minimum absolute atomic E-state index is 0.0713. The molecule has 0 spiro atoms. The minimum Gasteiger partial charge on any atom is -0.489 e. The number of benzene rings is 1. The fourth-order valence-corrected chi connectivity index (χ4v) is 4.20. The fraction of sp³-hybridized carbons (Fsp3) is 0.588. The standard InChI is InChI=1S/C17H26N2O5S/c1-13(2)24-16-8-7-14(11-15(16)18-12-17(20)23-3)25(21,22)19-9-5-4-6-10-19/h7-8,11,13,18H,4-6,9-10,12H2,1-3H3. The van der Waals surface area contributed by atoms with E-state index >= 15 is 0 Å². The van der Waals surface area contributed by atoms with E-state index in [4.69, 9.17) is 4.74 Å². The number of hydrogen-bond donors (Lipinski definition) is 1. The van der Waals surface area contributed by atoms with E-state index in [-0.39, 0.29) is 17.5 Å². The van der Waals surface area contributed by atoms with E-state index < -0.39 is 16.0 Å². The van der Waals surface area contributed by atoms with Gasteiger partial charge in [0.15, 0.2) is 0 Å². The summed E-state index contributed by atoms with van der Waals surface area (Å²) in [4.78, 5) is 11.6. The van der Waals surface area contributed by atoms with Gasteiger partial charge in [-0.2, -0.15) is 4.31 Å². The minimum atomic E-state index is -3.55. The van der Waals surface area contributed by atoms with Crippen molar-refractivity contribution < 1.29 is 22.7 Å². The molecule has 0 unspecified atom stereocenters.